The number of hydrogen-bond acceptors (Lipinski definition) is 5. The lowest BCUT2D eigenvalue weighted by atomic mass is 10.2. The van der Waals surface area contributed by atoms with E-state index < -0.39 is 11.9 Å². The Morgan fingerprint density at radius 2 is 1.73 bits per heavy atom. The number of benzene rings is 2. The van der Waals surface area contributed by atoms with Crippen LogP contribution in [0.15, 0.2) is 48.5 Å². The van der Waals surface area contributed by atoms with Crippen molar-refractivity contribution >= 4 is 46.5 Å². The average Bonchev–Trinajstić information content (AvgIpc) is 2.62. The van der Waals surface area contributed by atoms with Gasteiger partial charge in [-0.2, -0.15) is 0 Å². The summed E-state index contributed by atoms with van der Waals surface area (Å²) in [6.07, 6.45) is 0. The standard InChI is InChI=1S/C18H17ClN2O4S/c1-2-24-17(23)12-3-7-14(8-4-12)20-18(26)21-16(22)11-25-15-9-5-13(19)6-10-15/h3-10H,2,11H2,1H3,(H2,20,21,22,26). The summed E-state index contributed by atoms with van der Waals surface area (Å²) in [6.45, 7) is 1.86. The molecule has 136 valence electrons. The van der Waals surface area contributed by atoms with E-state index in [2.05, 4.69) is 10.6 Å². The number of esters is 1. The first-order chi connectivity index (χ1) is 12.5. The topological polar surface area (TPSA) is 76.7 Å². The van der Waals surface area contributed by atoms with Crippen LogP contribution in [0.1, 0.15) is 17.3 Å². The zero-order valence-electron chi connectivity index (χ0n) is 14.0. The van der Waals surface area contributed by atoms with Crippen molar-refractivity contribution in [2.75, 3.05) is 18.5 Å². The van der Waals surface area contributed by atoms with Gasteiger partial charge >= 0.3 is 5.97 Å². The number of halogens is 1. The zero-order chi connectivity index (χ0) is 18.9. The molecule has 0 aliphatic carbocycles. The molecule has 2 aromatic carbocycles. The zero-order valence-corrected chi connectivity index (χ0v) is 15.5. The van der Waals surface area contributed by atoms with Gasteiger partial charge in [0.05, 0.1) is 12.2 Å². The molecule has 6 nitrogen and oxygen atoms in total. The maximum Gasteiger partial charge on any atom is 0.338 e. The van der Waals surface area contributed by atoms with Crippen molar-refractivity contribution in [3.05, 3.63) is 59.1 Å². The van der Waals surface area contributed by atoms with Gasteiger partial charge in [0.1, 0.15) is 5.75 Å². The van der Waals surface area contributed by atoms with E-state index in [9.17, 15) is 9.59 Å². The molecule has 0 spiro atoms. The van der Waals surface area contributed by atoms with Crippen LogP contribution in [-0.2, 0) is 9.53 Å². The summed E-state index contributed by atoms with van der Waals surface area (Å²) in [5.74, 6) is -0.271. The van der Waals surface area contributed by atoms with Crippen molar-refractivity contribution < 1.29 is 19.1 Å². The number of hydrogen-bond donors (Lipinski definition) is 2. The number of thiocarbonyl (C=S) groups is 1. The molecule has 0 saturated carbocycles. The van der Waals surface area contributed by atoms with Gasteiger partial charge in [-0.1, -0.05) is 11.6 Å². The lowest BCUT2D eigenvalue weighted by molar-refractivity contribution is -0.121. The van der Waals surface area contributed by atoms with E-state index in [1.165, 1.54) is 0 Å². The Labute approximate surface area is 161 Å². The van der Waals surface area contributed by atoms with Crippen molar-refractivity contribution in [3.63, 3.8) is 0 Å². The van der Waals surface area contributed by atoms with Crippen LogP contribution < -0.4 is 15.4 Å². The molecule has 0 unspecified atom stereocenters. The number of rotatable bonds is 6. The summed E-state index contributed by atoms with van der Waals surface area (Å²) in [7, 11) is 0. The second kappa shape index (κ2) is 9.74. The molecule has 0 atom stereocenters. The van der Waals surface area contributed by atoms with Crippen LogP contribution in [-0.4, -0.2) is 30.2 Å². The minimum absolute atomic E-state index is 0.124. The summed E-state index contributed by atoms with van der Waals surface area (Å²) < 4.78 is 10.2. The molecule has 8 heteroatoms. The molecule has 0 aliphatic rings. The first-order valence-electron chi connectivity index (χ1n) is 7.74. The van der Waals surface area contributed by atoms with Gasteiger partial charge in [-0.3, -0.25) is 10.1 Å². The fourth-order valence-electron chi connectivity index (χ4n) is 1.91. The predicted octanol–water partition coefficient (Wildman–Crippen LogP) is 3.41. The normalized spacial score (nSPS) is 9.92. The molecule has 0 bridgehead atoms. The Kier molecular flexibility index (Phi) is 7.37. The second-order valence-corrected chi connectivity index (χ2v) is 5.89. The maximum absolute atomic E-state index is 11.8. The smallest absolute Gasteiger partial charge is 0.338 e. The summed E-state index contributed by atoms with van der Waals surface area (Å²) in [4.78, 5) is 23.4. The first kappa shape index (κ1) is 19.7. The maximum atomic E-state index is 11.8. The third-order valence-corrected chi connectivity index (χ3v) is 3.55. The molecule has 0 aromatic heterocycles. The van der Waals surface area contributed by atoms with Crippen molar-refractivity contribution in [1.29, 1.82) is 0 Å². The molecule has 0 saturated heterocycles. The highest BCUT2D eigenvalue weighted by Gasteiger charge is 2.08. The van der Waals surface area contributed by atoms with Gasteiger partial charge in [0.2, 0.25) is 0 Å². The van der Waals surface area contributed by atoms with Crippen LogP contribution >= 0.6 is 23.8 Å². The van der Waals surface area contributed by atoms with Gasteiger partial charge in [-0.05, 0) is 67.7 Å². The van der Waals surface area contributed by atoms with E-state index in [4.69, 9.17) is 33.3 Å². The highest BCUT2D eigenvalue weighted by Crippen LogP contribution is 2.15. The van der Waals surface area contributed by atoms with E-state index in [1.54, 1.807) is 55.5 Å². The third kappa shape index (κ3) is 6.34. The van der Waals surface area contributed by atoms with E-state index >= 15 is 0 Å². The lowest BCUT2D eigenvalue weighted by Crippen LogP contribution is -2.37. The van der Waals surface area contributed by atoms with Crippen LogP contribution in [0.2, 0.25) is 5.02 Å². The average molecular weight is 393 g/mol. The molecule has 2 N–H and O–H groups in total. The van der Waals surface area contributed by atoms with Crippen molar-refractivity contribution in [1.82, 2.24) is 5.32 Å². The highest BCUT2D eigenvalue weighted by molar-refractivity contribution is 7.80. The molecule has 0 heterocycles. The number of anilines is 1. The molecule has 26 heavy (non-hydrogen) atoms. The summed E-state index contributed by atoms with van der Waals surface area (Å²) in [6, 6.07) is 13.2. The monoisotopic (exact) mass is 392 g/mol. The van der Waals surface area contributed by atoms with E-state index in [-0.39, 0.29) is 11.7 Å². The molecular formula is C18H17ClN2O4S. The number of carbonyl (C=O) groups is 2. The van der Waals surface area contributed by atoms with Gasteiger partial charge in [-0.15, -0.1) is 0 Å². The first-order valence-corrected chi connectivity index (χ1v) is 8.53. The molecular weight excluding hydrogens is 376 g/mol. The SMILES string of the molecule is CCOC(=O)c1ccc(NC(=S)NC(=O)COc2ccc(Cl)cc2)cc1. The molecule has 1 amide bonds. The largest absolute Gasteiger partial charge is 0.484 e. The van der Waals surface area contributed by atoms with Crippen molar-refractivity contribution in [2.24, 2.45) is 0 Å². The van der Waals surface area contributed by atoms with Crippen molar-refractivity contribution in [3.8, 4) is 5.75 Å². The Morgan fingerprint density at radius 1 is 1.08 bits per heavy atom. The molecule has 2 aromatic rings. The van der Waals surface area contributed by atoms with Gasteiger partial charge in [0.15, 0.2) is 11.7 Å². The highest BCUT2D eigenvalue weighted by atomic mass is 35.5. The minimum Gasteiger partial charge on any atom is -0.484 e. The molecule has 2 rings (SSSR count). The van der Waals surface area contributed by atoms with Crippen LogP contribution in [0.3, 0.4) is 0 Å². The third-order valence-electron chi connectivity index (χ3n) is 3.09. The predicted molar refractivity (Wildman–Crippen MR) is 104 cm³/mol. The van der Waals surface area contributed by atoms with Crippen LogP contribution in [0.4, 0.5) is 5.69 Å². The van der Waals surface area contributed by atoms with Crippen LogP contribution in [0.25, 0.3) is 0 Å². The molecule has 0 aliphatic heterocycles. The number of nitrogens with one attached hydrogen (secondary N) is 2. The summed E-state index contributed by atoms with van der Waals surface area (Å²) in [5, 5.41) is 6.07. The summed E-state index contributed by atoms with van der Waals surface area (Å²) in [5.41, 5.74) is 1.06. The Morgan fingerprint density at radius 3 is 2.35 bits per heavy atom. The Hall–Kier alpha value is -2.64. The lowest BCUT2D eigenvalue weighted by Gasteiger charge is -2.11. The van der Waals surface area contributed by atoms with Crippen molar-refractivity contribution in [2.45, 2.75) is 6.92 Å². The van der Waals surface area contributed by atoms with Gasteiger partial charge in [-0.25, -0.2) is 4.79 Å². The van der Waals surface area contributed by atoms with E-state index in [0.717, 1.165) is 0 Å². The summed E-state index contributed by atoms with van der Waals surface area (Å²) >= 11 is 10.9. The van der Waals surface area contributed by atoms with E-state index in [0.29, 0.717) is 28.6 Å². The van der Waals surface area contributed by atoms with E-state index in [1.807, 2.05) is 0 Å². The number of ether oxygens (including phenoxy) is 2. The van der Waals surface area contributed by atoms with Crippen LogP contribution in [0.5, 0.6) is 5.75 Å². The quantitative estimate of drug-likeness (QED) is 0.579. The minimum atomic E-state index is -0.402. The van der Waals surface area contributed by atoms with Gasteiger partial charge < -0.3 is 14.8 Å². The fraction of sp³-hybridized carbons (Fsp3) is 0.167. The van der Waals surface area contributed by atoms with Crippen LogP contribution in [0, 0.1) is 0 Å². The number of carbonyl (C=O) groups excluding carboxylic acids is 2. The van der Waals surface area contributed by atoms with Gasteiger partial charge in [0, 0.05) is 10.7 Å². The van der Waals surface area contributed by atoms with Gasteiger partial charge in [0.25, 0.3) is 5.91 Å². The fourth-order valence-corrected chi connectivity index (χ4v) is 2.27. The molecule has 0 radical (unpaired) electrons. The Bertz CT molecular complexity index is 779. The second-order valence-electron chi connectivity index (χ2n) is 5.04. The molecule has 0 fully saturated rings. The number of amides is 1. The Balaban J connectivity index is 1.79.